The van der Waals surface area contributed by atoms with Gasteiger partial charge in [0.2, 0.25) is 0 Å². The first-order valence-electron chi connectivity index (χ1n) is 6.28. The van der Waals surface area contributed by atoms with Crippen molar-refractivity contribution in [2.45, 2.75) is 18.9 Å². The highest BCUT2D eigenvalue weighted by atomic mass is 16.5. The van der Waals surface area contributed by atoms with Gasteiger partial charge in [-0.25, -0.2) is 4.79 Å². The third kappa shape index (κ3) is 2.89. The van der Waals surface area contributed by atoms with Crippen molar-refractivity contribution in [1.29, 1.82) is 0 Å². The molecule has 98 valence electrons. The van der Waals surface area contributed by atoms with Crippen LogP contribution in [0.25, 0.3) is 0 Å². The summed E-state index contributed by atoms with van der Waals surface area (Å²) in [6, 6.07) is 7.60. The molecule has 0 aromatic heterocycles. The van der Waals surface area contributed by atoms with Crippen LogP contribution in [0.15, 0.2) is 24.3 Å². The first kappa shape index (κ1) is 13.1. The molecule has 1 saturated heterocycles. The fraction of sp³-hybridized carbons (Fsp3) is 0.500. The Morgan fingerprint density at radius 1 is 1.56 bits per heavy atom. The molecule has 0 amide bonds. The highest BCUT2D eigenvalue weighted by Gasteiger charge is 2.25. The molecule has 1 N–H and O–H groups in total. The first-order chi connectivity index (χ1) is 8.72. The van der Waals surface area contributed by atoms with Gasteiger partial charge in [0, 0.05) is 19.7 Å². The summed E-state index contributed by atoms with van der Waals surface area (Å²) in [6.45, 7) is 2.68. The Labute approximate surface area is 107 Å². The Bertz CT molecular complexity index is 419. The Kier molecular flexibility index (Phi) is 4.33. The molecule has 0 aliphatic carbocycles. The number of nitrogens with zero attached hydrogens (tertiary/aromatic N) is 1. The van der Waals surface area contributed by atoms with Gasteiger partial charge in [0.1, 0.15) is 0 Å². The fourth-order valence-electron chi connectivity index (χ4n) is 2.56. The molecule has 18 heavy (non-hydrogen) atoms. The zero-order chi connectivity index (χ0) is 13.0. The number of ether oxygens (including phenoxy) is 1. The lowest BCUT2D eigenvalue weighted by Crippen LogP contribution is -2.27. The van der Waals surface area contributed by atoms with Crippen LogP contribution in [0.1, 0.15) is 34.8 Å². The van der Waals surface area contributed by atoms with Crippen LogP contribution in [0.4, 0.5) is 0 Å². The Morgan fingerprint density at radius 3 is 3.11 bits per heavy atom. The summed E-state index contributed by atoms with van der Waals surface area (Å²) in [7, 11) is 1.70. The van der Waals surface area contributed by atoms with Crippen LogP contribution >= 0.6 is 0 Å². The molecule has 0 spiro atoms. The predicted octanol–water partition coefficient (Wildman–Crippen LogP) is 2.17. The van der Waals surface area contributed by atoms with Gasteiger partial charge in [-0.05, 0) is 37.1 Å². The maximum Gasteiger partial charge on any atom is 0.335 e. The molecule has 1 aliphatic heterocycles. The molecule has 2 rings (SSSR count). The van der Waals surface area contributed by atoms with Crippen molar-refractivity contribution >= 4 is 5.97 Å². The smallest absolute Gasteiger partial charge is 0.335 e. The molecule has 4 heteroatoms. The third-order valence-electron chi connectivity index (χ3n) is 3.46. The molecule has 0 saturated carbocycles. The number of aromatic carboxylic acids is 1. The molecule has 1 fully saturated rings. The van der Waals surface area contributed by atoms with Crippen molar-refractivity contribution in [3.8, 4) is 0 Å². The molecule has 0 bridgehead atoms. The van der Waals surface area contributed by atoms with Crippen LogP contribution < -0.4 is 0 Å². The lowest BCUT2D eigenvalue weighted by molar-refractivity contribution is 0.0696. The number of hydrogen-bond donors (Lipinski definition) is 1. The van der Waals surface area contributed by atoms with Gasteiger partial charge in [-0.1, -0.05) is 12.1 Å². The average molecular weight is 249 g/mol. The van der Waals surface area contributed by atoms with E-state index in [4.69, 9.17) is 9.84 Å². The number of carboxylic acid groups (broad SMARTS) is 1. The molecular formula is C14H19NO3. The van der Waals surface area contributed by atoms with Gasteiger partial charge in [0.05, 0.1) is 12.2 Å². The van der Waals surface area contributed by atoms with E-state index in [2.05, 4.69) is 4.90 Å². The maximum absolute atomic E-state index is 11.0. The summed E-state index contributed by atoms with van der Waals surface area (Å²) in [4.78, 5) is 13.4. The Hall–Kier alpha value is -1.39. The Balaban J connectivity index is 2.14. The van der Waals surface area contributed by atoms with Crippen LogP contribution in [-0.4, -0.2) is 42.8 Å². The van der Waals surface area contributed by atoms with E-state index in [1.54, 1.807) is 19.2 Å². The van der Waals surface area contributed by atoms with Gasteiger partial charge >= 0.3 is 5.97 Å². The largest absolute Gasteiger partial charge is 0.478 e. The number of carboxylic acids is 1. The number of carbonyl (C=O) groups is 1. The topological polar surface area (TPSA) is 49.8 Å². The van der Waals surface area contributed by atoms with Crippen molar-refractivity contribution < 1.29 is 14.6 Å². The van der Waals surface area contributed by atoms with E-state index < -0.39 is 5.97 Å². The summed E-state index contributed by atoms with van der Waals surface area (Å²) >= 11 is 0. The van der Waals surface area contributed by atoms with Gasteiger partial charge < -0.3 is 9.84 Å². The second-order valence-electron chi connectivity index (χ2n) is 4.62. The van der Waals surface area contributed by atoms with Crippen LogP contribution in [0.5, 0.6) is 0 Å². The lowest BCUT2D eigenvalue weighted by Gasteiger charge is -2.24. The van der Waals surface area contributed by atoms with Crippen LogP contribution in [0, 0.1) is 0 Å². The number of rotatable bonds is 5. The maximum atomic E-state index is 11.0. The van der Waals surface area contributed by atoms with E-state index in [9.17, 15) is 4.79 Å². The summed E-state index contributed by atoms with van der Waals surface area (Å²) in [6.07, 6.45) is 2.25. The minimum atomic E-state index is -0.863. The zero-order valence-corrected chi connectivity index (χ0v) is 10.6. The van der Waals surface area contributed by atoms with Gasteiger partial charge in [0.15, 0.2) is 0 Å². The average Bonchev–Trinajstić information content (AvgIpc) is 2.84. The van der Waals surface area contributed by atoms with Gasteiger partial charge in [-0.15, -0.1) is 0 Å². The first-order valence-corrected chi connectivity index (χ1v) is 6.28. The number of methoxy groups -OCH3 is 1. The number of benzene rings is 1. The van der Waals surface area contributed by atoms with E-state index in [1.807, 2.05) is 12.1 Å². The van der Waals surface area contributed by atoms with E-state index >= 15 is 0 Å². The second-order valence-corrected chi connectivity index (χ2v) is 4.62. The van der Waals surface area contributed by atoms with Crippen molar-refractivity contribution in [3.05, 3.63) is 35.4 Å². The molecule has 4 nitrogen and oxygen atoms in total. The predicted molar refractivity (Wildman–Crippen MR) is 68.8 cm³/mol. The lowest BCUT2D eigenvalue weighted by atomic mass is 10.0. The van der Waals surface area contributed by atoms with Crippen LogP contribution in [0.2, 0.25) is 0 Å². The minimum absolute atomic E-state index is 0.333. The van der Waals surface area contributed by atoms with E-state index in [0.29, 0.717) is 11.6 Å². The summed E-state index contributed by atoms with van der Waals surface area (Å²) in [5, 5.41) is 9.03. The second kappa shape index (κ2) is 5.98. The van der Waals surface area contributed by atoms with E-state index in [-0.39, 0.29) is 0 Å². The fourth-order valence-corrected chi connectivity index (χ4v) is 2.56. The summed E-state index contributed by atoms with van der Waals surface area (Å²) in [5.74, 6) is -0.863. The summed E-state index contributed by atoms with van der Waals surface area (Å²) < 4.78 is 5.11. The molecule has 0 radical (unpaired) electrons. The molecule has 1 aromatic carbocycles. The monoisotopic (exact) mass is 249 g/mol. The van der Waals surface area contributed by atoms with Gasteiger partial charge in [-0.2, -0.15) is 0 Å². The standard InChI is InChI=1S/C14H19NO3/c1-18-9-8-15-7-3-6-13(15)11-4-2-5-12(10-11)14(16)17/h2,4-5,10,13H,3,6-9H2,1H3,(H,16,17). The normalized spacial score (nSPS) is 20.2. The van der Waals surface area contributed by atoms with Crippen molar-refractivity contribution in [2.75, 3.05) is 26.8 Å². The highest BCUT2D eigenvalue weighted by Crippen LogP contribution is 2.31. The Morgan fingerprint density at radius 2 is 2.39 bits per heavy atom. The van der Waals surface area contributed by atoms with E-state index in [0.717, 1.165) is 38.1 Å². The number of hydrogen-bond acceptors (Lipinski definition) is 3. The van der Waals surface area contributed by atoms with Crippen molar-refractivity contribution in [2.24, 2.45) is 0 Å². The van der Waals surface area contributed by atoms with Crippen LogP contribution in [0.3, 0.4) is 0 Å². The SMILES string of the molecule is COCCN1CCCC1c1cccc(C(=O)O)c1. The molecule has 1 atom stereocenters. The molecular weight excluding hydrogens is 230 g/mol. The molecule has 1 unspecified atom stereocenters. The van der Waals surface area contributed by atoms with Gasteiger partial charge in [0.25, 0.3) is 0 Å². The van der Waals surface area contributed by atoms with Crippen molar-refractivity contribution in [1.82, 2.24) is 4.90 Å². The van der Waals surface area contributed by atoms with Crippen LogP contribution in [-0.2, 0) is 4.74 Å². The minimum Gasteiger partial charge on any atom is -0.478 e. The number of likely N-dealkylation sites (tertiary alicyclic amines) is 1. The highest BCUT2D eigenvalue weighted by molar-refractivity contribution is 5.87. The quantitative estimate of drug-likeness (QED) is 0.869. The van der Waals surface area contributed by atoms with Gasteiger partial charge in [-0.3, -0.25) is 4.90 Å². The van der Waals surface area contributed by atoms with E-state index in [1.165, 1.54) is 0 Å². The van der Waals surface area contributed by atoms with Crippen molar-refractivity contribution in [3.63, 3.8) is 0 Å². The zero-order valence-electron chi connectivity index (χ0n) is 10.6. The summed E-state index contributed by atoms with van der Waals surface area (Å²) in [5.41, 5.74) is 1.47. The molecule has 1 heterocycles. The molecule has 1 aromatic rings. The third-order valence-corrected chi connectivity index (χ3v) is 3.46. The molecule has 1 aliphatic rings.